The molecule has 2 rings (SSSR count). The van der Waals surface area contributed by atoms with E-state index in [0.29, 0.717) is 0 Å². The molecule has 0 unspecified atom stereocenters. The van der Waals surface area contributed by atoms with Crippen LogP contribution < -0.4 is 4.80 Å². The lowest BCUT2D eigenvalue weighted by Gasteiger charge is -2.09. The molecule has 2 aromatic rings. The number of amides is 1. The summed E-state index contributed by atoms with van der Waals surface area (Å²) in [5.41, 5.74) is -0.488. The number of carbonyl (C=O) groups excluding carboxylic acids is 1. The van der Waals surface area contributed by atoms with Crippen LogP contribution in [0.15, 0.2) is 35.5 Å². The first-order chi connectivity index (χ1) is 10.3. The van der Waals surface area contributed by atoms with Crippen LogP contribution in [0.25, 0.3) is 5.69 Å². The highest BCUT2D eigenvalue weighted by Gasteiger charge is 2.30. The van der Waals surface area contributed by atoms with Gasteiger partial charge in [0, 0.05) is 11.9 Å². The van der Waals surface area contributed by atoms with Crippen LogP contribution in [0.2, 0.25) is 0 Å². The zero-order valence-electron chi connectivity index (χ0n) is 11.2. The normalized spacial score (nSPS) is 12.5. The zero-order valence-corrected chi connectivity index (χ0v) is 14.2. The summed E-state index contributed by atoms with van der Waals surface area (Å²) in [7, 11) is 0. The topological polar surface area (TPSA) is 43.6 Å². The molecule has 1 aromatic heterocycles. The smallest absolute Gasteiger partial charge is 0.436 e. The number of thiazole rings is 1. The average molecular weight is 442 g/mol. The van der Waals surface area contributed by atoms with E-state index in [4.69, 9.17) is 4.74 Å². The van der Waals surface area contributed by atoms with Crippen molar-refractivity contribution in [1.29, 1.82) is 0 Å². The minimum Gasteiger partial charge on any atom is -0.448 e. The van der Waals surface area contributed by atoms with Gasteiger partial charge in [-0.1, -0.05) is 17.4 Å². The molecule has 118 valence electrons. The average Bonchev–Trinajstić information content (AvgIpc) is 2.79. The number of hydrogen-bond donors (Lipinski definition) is 0. The summed E-state index contributed by atoms with van der Waals surface area (Å²) < 4.78 is 45.3. The van der Waals surface area contributed by atoms with Gasteiger partial charge < -0.3 is 4.74 Å². The highest BCUT2D eigenvalue weighted by molar-refractivity contribution is 14.1. The van der Waals surface area contributed by atoms with Gasteiger partial charge in [0.05, 0.1) is 15.1 Å². The van der Waals surface area contributed by atoms with Crippen LogP contribution >= 0.6 is 33.9 Å². The van der Waals surface area contributed by atoms with E-state index in [2.05, 4.69) is 4.99 Å². The maximum absolute atomic E-state index is 12.8. The Hall–Kier alpha value is -1.36. The second kappa shape index (κ2) is 6.82. The van der Waals surface area contributed by atoms with Crippen molar-refractivity contribution in [2.45, 2.75) is 13.1 Å². The number of aromatic nitrogens is 1. The van der Waals surface area contributed by atoms with Crippen LogP contribution in [0.4, 0.5) is 18.0 Å². The number of benzene rings is 1. The van der Waals surface area contributed by atoms with E-state index < -0.39 is 17.8 Å². The van der Waals surface area contributed by atoms with Gasteiger partial charge in [-0.2, -0.15) is 13.2 Å². The fourth-order valence-electron chi connectivity index (χ4n) is 1.65. The van der Waals surface area contributed by atoms with E-state index in [0.717, 1.165) is 15.0 Å². The van der Waals surface area contributed by atoms with Crippen molar-refractivity contribution >= 4 is 40.0 Å². The van der Waals surface area contributed by atoms with E-state index >= 15 is 0 Å². The van der Waals surface area contributed by atoms with Crippen LogP contribution in [-0.2, 0) is 10.9 Å². The highest BCUT2D eigenvalue weighted by Crippen LogP contribution is 2.30. The molecule has 0 aliphatic heterocycles. The summed E-state index contributed by atoms with van der Waals surface area (Å²) in [5.74, 6) is 0. The van der Waals surface area contributed by atoms with E-state index in [1.165, 1.54) is 28.0 Å². The maximum Gasteiger partial charge on any atom is 0.436 e. The molecule has 0 fully saturated rings. The Morgan fingerprint density at radius 1 is 1.45 bits per heavy atom. The van der Waals surface area contributed by atoms with Gasteiger partial charge in [-0.05, 0) is 47.7 Å². The minimum atomic E-state index is -4.43. The van der Waals surface area contributed by atoms with E-state index in [1.54, 1.807) is 13.1 Å². The Morgan fingerprint density at radius 2 is 2.18 bits per heavy atom. The van der Waals surface area contributed by atoms with Crippen LogP contribution in [0.3, 0.4) is 0 Å². The quantitative estimate of drug-likeness (QED) is 0.654. The maximum atomic E-state index is 12.8. The number of ether oxygens (including phenoxy) is 1. The van der Waals surface area contributed by atoms with Crippen molar-refractivity contribution in [3.63, 3.8) is 0 Å². The number of nitrogens with zero attached hydrogens (tertiary/aromatic N) is 2. The van der Waals surface area contributed by atoms with Gasteiger partial charge in [0.25, 0.3) is 0 Å². The molecule has 0 spiro atoms. The Bertz CT molecular complexity index is 752. The van der Waals surface area contributed by atoms with Crippen molar-refractivity contribution in [3.05, 3.63) is 43.7 Å². The molecule has 0 radical (unpaired) electrons. The molecule has 9 heteroatoms. The predicted molar refractivity (Wildman–Crippen MR) is 84.0 cm³/mol. The summed E-state index contributed by atoms with van der Waals surface area (Å²) in [6.45, 7) is 1.82. The molecule has 0 atom stereocenters. The fraction of sp³-hybridized carbons (Fsp3) is 0.231. The van der Waals surface area contributed by atoms with Crippen molar-refractivity contribution in [3.8, 4) is 5.69 Å². The highest BCUT2D eigenvalue weighted by atomic mass is 127. The molecular weight excluding hydrogens is 432 g/mol. The second-order valence-electron chi connectivity index (χ2n) is 4.05. The lowest BCUT2D eigenvalue weighted by Crippen LogP contribution is -2.16. The fourth-order valence-corrected chi connectivity index (χ4v) is 3.23. The molecule has 1 heterocycles. The number of halogens is 4. The van der Waals surface area contributed by atoms with Gasteiger partial charge in [-0.15, -0.1) is 4.99 Å². The number of carbonyl (C=O) groups is 1. The molecule has 0 aliphatic rings. The first-order valence-electron chi connectivity index (χ1n) is 6.08. The predicted octanol–water partition coefficient (Wildman–Crippen LogP) is 4.22. The molecule has 0 bridgehead atoms. The van der Waals surface area contributed by atoms with Gasteiger partial charge >= 0.3 is 12.3 Å². The molecule has 0 aliphatic carbocycles. The van der Waals surface area contributed by atoms with Gasteiger partial charge in [0.15, 0.2) is 0 Å². The molecule has 1 aromatic carbocycles. The molecule has 4 nitrogen and oxygen atoms in total. The monoisotopic (exact) mass is 442 g/mol. The van der Waals surface area contributed by atoms with Gasteiger partial charge in [-0.3, -0.25) is 4.57 Å². The van der Waals surface area contributed by atoms with Crippen molar-refractivity contribution in [2.24, 2.45) is 4.99 Å². The summed E-state index contributed by atoms with van der Waals surface area (Å²) in [5, 5.41) is 0. The molecular formula is C13H10F3IN2O2S. The van der Waals surface area contributed by atoms with E-state index in [9.17, 15) is 18.0 Å². The number of rotatable bonds is 2. The summed E-state index contributed by atoms with van der Waals surface area (Å²) >= 11 is 3.19. The lowest BCUT2D eigenvalue weighted by atomic mass is 10.2. The van der Waals surface area contributed by atoms with E-state index in [1.807, 2.05) is 22.6 Å². The van der Waals surface area contributed by atoms with Crippen LogP contribution in [0, 0.1) is 2.88 Å². The third-order valence-corrected chi connectivity index (χ3v) is 4.24. The largest absolute Gasteiger partial charge is 0.448 e. The second-order valence-corrected chi connectivity index (χ2v) is 6.95. The van der Waals surface area contributed by atoms with Crippen molar-refractivity contribution < 1.29 is 22.7 Å². The molecule has 0 saturated carbocycles. The first kappa shape index (κ1) is 17.0. The zero-order chi connectivity index (χ0) is 16.3. The summed E-state index contributed by atoms with van der Waals surface area (Å²) in [6, 6.07) is 4.82. The van der Waals surface area contributed by atoms with Crippen LogP contribution in [0.1, 0.15) is 12.5 Å². The molecule has 0 saturated heterocycles. The minimum absolute atomic E-state index is 0.175. The van der Waals surface area contributed by atoms with Crippen LogP contribution in [-0.4, -0.2) is 17.3 Å². The van der Waals surface area contributed by atoms with Crippen LogP contribution in [0.5, 0.6) is 0 Å². The standard InChI is InChI=1S/C13H10F3IN2O2S/c1-2-21-12(20)18-11-19(7-10(17)22-11)9-5-3-4-8(6-9)13(14,15)16/h3-7H,2H2,1H3. The molecule has 0 N–H and O–H groups in total. The Morgan fingerprint density at radius 3 is 2.82 bits per heavy atom. The Balaban J connectivity index is 2.52. The van der Waals surface area contributed by atoms with Crippen molar-refractivity contribution in [1.82, 2.24) is 4.57 Å². The van der Waals surface area contributed by atoms with Gasteiger partial charge in [-0.25, -0.2) is 4.79 Å². The van der Waals surface area contributed by atoms with E-state index in [-0.39, 0.29) is 17.1 Å². The third kappa shape index (κ3) is 4.09. The SMILES string of the molecule is CCOC(=O)N=c1sc(I)cn1-c1cccc(C(F)(F)F)c1. The summed E-state index contributed by atoms with van der Waals surface area (Å²) in [4.78, 5) is 15.5. The molecule has 1 amide bonds. The Labute approximate surface area is 141 Å². The van der Waals surface area contributed by atoms with Gasteiger partial charge in [0.2, 0.25) is 4.80 Å². The Kier molecular flexibility index (Phi) is 5.27. The number of hydrogen-bond acceptors (Lipinski definition) is 3. The number of alkyl halides is 3. The third-order valence-electron chi connectivity index (χ3n) is 2.53. The summed E-state index contributed by atoms with van der Waals surface area (Å²) in [6.07, 6.45) is -3.60. The lowest BCUT2D eigenvalue weighted by molar-refractivity contribution is -0.137. The first-order valence-corrected chi connectivity index (χ1v) is 7.98. The van der Waals surface area contributed by atoms with Crippen molar-refractivity contribution in [2.75, 3.05) is 6.61 Å². The molecule has 22 heavy (non-hydrogen) atoms. The van der Waals surface area contributed by atoms with Gasteiger partial charge in [0.1, 0.15) is 0 Å².